The van der Waals surface area contributed by atoms with Crippen molar-refractivity contribution in [1.82, 2.24) is 5.32 Å². The third kappa shape index (κ3) is 3.08. The van der Waals surface area contributed by atoms with Gasteiger partial charge in [-0.15, -0.1) is 0 Å². The van der Waals surface area contributed by atoms with Gasteiger partial charge in [0.2, 0.25) is 0 Å². The van der Waals surface area contributed by atoms with Gasteiger partial charge in [-0.05, 0) is 6.20 Å². The van der Waals surface area contributed by atoms with E-state index in [1.807, 2.05) is 0 Å². The maximum Gasteiger partial charge on any atom is 0.0161 e. The average Bonchev–Trinajstić information content (AvgIpc) is 1.61. The van der Waals surface area contributed by atoms with Crippen LogP contribution >= 0.6 is 0 Å². The Morgan fingerprint density at radius 3 is 2.50 bits per heavy atom. The minimum atomic E-state index is 1.40. The van der Waals surface area contributed by atoms with Crippen molar-refractivity contribution < 1.29 is 0 Å². The molecule has 0 aromatic heterocycles. The van der Waals surface area contributed by atoms with Gasteiger partial charge in [-0.2, -0.15) is 0 Å². The minimum Gasteiger partial charge on any atom is -0.403 e. The fourth-order valence-electron chi connectivity index (χ4n) is 0.124. The Hall–Kier alpha value is -0.920. The summed E-state index contributed by atoms with van der Waals surface area (Å²) in [4.78, 5) is 0. The lowest BCUT2D eigenvalue weighted by Crippen LogP contribution is -1.91. The van der Waals surface area contributed by atoms with E-state index in [1.54, 1.807) is 12.4 Å². The number of hydrogen-bond donors (Lipinski definition) is 2. The van der Waals surface area contributed by atoms with Gasteiger partial charge < -0.3 is 11.1 Å². The molecule has 0 saturated heterocycles. The molecule has 0 radical (unpaired) electrons. The second-order valence-corrected chi connectivity index (χ2v) is 0.730. The Balaban J connectivity index is 2.85. The molecule has 0 aliphatic carbocycles. The first kappa shape index (κ1) is 5.08. The molecule has 0 fully saturated rings. The predicted molar refractivity (Wildman–Crippen MR) is 26.7 cm³/mol. The van der Waals surface area contributed by atoms with Gasteiger partial charge in [0.1, 0.15) is 0 Å². The summed E-state index contributed by atoms with van der Waals surface area (Å²) < 4.78 is 0. The first-order valence-electron chi connectivity index (χ1n) is 1.65. The molecule has 0 aromatic carbocycles. The van der Waals surface area contributed by atoms with Crippen LogP contribution in [-0.2, 0) is 0 Å². The largest absolute Gasteiger partial charge is 0.403 e. The smallest absolute Gasteiger partial charge is 0.0161 e. The Morgan fingerprint density at radius 2 is 2.33 bits per heavy atom. The molecule has 0 aromatic rings. The van der Waals surface area contributed by atoms with Crippen LogP contribution in [0.15, 0.2) is 25.2 Å². The van der Waals surface area contributed by atoms with Crippen molar-refractivity contribution in [3.05, 3.63) is 25.2 Å². The van der Waals surface area contributed by atoms with Crippen molar-refractivity contribution in [2.45, 2.75) is 0 Å². The summed E-state index contributed by atoms with van der Waals surface area (Å²) >= 11 is 0. The lowest BCUT2D eigenvalue weighted by molar-refractivity contribution is 1.19. The van der Waals surface area contributed by atoms with Crippen molar-refractivity contribution in [2.75, 3.05) is 0 Å². The van der Waals surface area contributed by atoms with Gasteiger partial charge in [0, 0.05) is 12.4 Å². The van der Waals surface area contributed by atoms with Crippen LogP contribution in [0.1, 0.15) is 0 Å². The fourth-order valence-corrected chi connectivity index (χ4v) is 0.124. The zero-order valence-corrected chi connectivity index (χ0v) is 3.52. The highest BCUT2D eigenvalue weighted by Crippen LogP contribution is 1.51. The predicted octanol–water partition coefficient (Wildman–Crippen LogP) is 0.149. The van der Waals surface area contributed by atoms with E-state index in [1.165, 1.54) is 6.20 Å². The highest BCUT2D eigenvalue weighted by Gasteiger charge is 1.50. The van der Waals surface area contributed by atoms with Crippen LogP contribution < -0.4 is 11.1 Å². The van der Waals surface area contributed by atoms with Gasteiger partial charge in [-0.1, -0.05) is 6.58 Å². The second kappa shape index (κ2) is 4.08. The molecule has 0 heterocycles. The van der Waals surface area contributed by atoms with Crippen LogP contribution in [0.5, 0.6) is 0 Å². The SMILES string of the molecule is C=CN/C=C\N. The molecule has 0 rings (SSSR count). The number of hydrogen-bond acceptors (Lipinski definition) is 2. The normalized spacial score (nSPS) is 8.67. The van der Waals surface area contributed by atoms with E-state index in [2.05, 4.69) is 11.9 Å². The van der Waals surface area contributed by atoms with Crippen molar-refractivity contribution in [3.8, 4) is 0 Å². The molecule has 0 saturated carbocycles. The first-order chi connectivity index (χ1) is 2.91. The van der Waals surface area contributed by atoms with E-state index in [9.17, 15) is 0 Å². The van der Waals surface area contributed by atoms with E-state index < -0.39 is 0 Å². The van der Waals surface area contributed by atoms with E-state index in [-0.39, 0.29) is 0 Å². The highest BCUT2D eigenvalue weighted by atomic mass is 14.8. The van der Waals surface area contributed by atoms with Crippen molar-refractivity contribution in [1.29, 1.82) is 0 Å². The lowest BCUT2D eigenvalue weighted by Gasteiger charge is -1.79. The van der Waals surface area contributed by atoms with Crippen molar-refractivity contribution in [2.24, 2.45) is 5.73 Å². The minimum absolute atomic E-state index is 1.40. The number of nitrogens with one attached hydrogen (secondary N) is 1. The standard InChI is InChI=1S/C4H8N2/c1-2-6-4-3-5/h2-4,6H,1,5H2/b4-3-. The Morgan fingerprint density at radius 1 is 1.67 bits per heavy atom. The van der Waals surface area contributed by atoms with E-state index in [0.717, 1.165) is 0 Å². The molecule has 34 valence electrons. The van der Waals surface area contributed by atoms with Crippen LogP contribution in [0.2, 0.25) is 0 Å². The average molecular weight is 84.1 g/mol. The van der Waals surface area contributed by atoms with E-state index >= 15 is 0 Å². The summed E-state index contributed by atoms with van der Waals surface area (Å²) in [6.45, 7) is 3.38. The monoisotopic (exact) mass is 84.1 g/mol. The van der Waals surface area contributed by atoms with Gasteiger partial charge in [-0.25, -0.2) is 0 Å². The first-order valence-corrected chi connectivity index (χ1v) is 1.65. The zero-order chi connectivity index (χ0) is 4.83. The van der Waals surface area contributed by atoms with E-state index in [4.69, 9.17) is 5.73 Å². The van der Waals surface area contributed by atoms with Gasteiger partial charge in [0.25, 0.3) is 0 Å². The molecular weight excluding hydrogens is 76.1 g/mol. The molecule has 3 N–H and O–H groups in total. The van der Waals surface area contributed by atoms with Gasteiger partial charge in [0.15, 0.2) is 0 Å². The van der Waals surface area contributed by atoms with Crippen molar-refractivity contribution in [3.63, 3.8) is 0 Å². The van der Waals surface area contributed by atoms with E-state index in [0.29, 0.717) is 0 Å². The molecule has 2 nitrogen and oxygen atoms in total. The van der Waals surface area contributed by atoms with Crippen LogP contribution in [0.4, 0.5) is 0 Å². The van der Waals surface area contributed by atoms with Crippen LogP contribution in [-0.4, -0.2) is 0 Å². The summed E-state index contributed by atoms with van der Waals surface area (Å²) in [6.07, 6.45) is 4.54. The number of rotatable bonds is 2. The maximum atomic E-state index is 4.92. The van der Waals surface area contributed by atoms with Crippen molar-refractivity contribution >= 4 is 0 Å². The topological polar surface area (TPSA) is 38.0 Å². The molecular formula is C4H8N2. The van der Waals surface area contributed by atoms with Crippen LogP contribution in [0.25, 0.3) is 0 Å². The fraction of sp³-hybridized carbons (Fsp3) is 0. The Bertz CT molecular complexity index is 56.6. The molecule has 0 aliphatic rings. The molecule has 0 unspecified atom stereocenters. The van der Waals surface area contributed by atoms with Gasteiger partial charge >= 0.3 is 0 Å². The molecule has 2 heteroatoms. The molecule has 6 heavy (non-hydrogen) atoms. The number of nitrogens with two attached hydrogens (primary N) is 1. The molecule has 0 bridgehead atoms. The molecule has 0 aliphatic heterocycles. The maximum absolute atomic E-state index is 4.92. The second-order valence-electron chi connectivity index (χ2n) is 0.730. The summed E-state index contributed by atoms with van der Waals surface area (Å²) in [5.74, 6) is 0. The third-order valence-electron chi connectivity index (χ3n) is 0.310. The van der Waals surface area contributed by atoms with Gasteiger partial charge in [-0.3, -0.25) is 0 Å². The van der Waals surface area contributed by atoms with Crippen LogP contribution in [0.3, 0.4) is 0 Å². The quantitative estimate of drug-likeness (QED) is 0.499. The summed E-state index contributed by atoms with van der Waals surface area (Å²) in [6, 6.07) is 0. The molecule has 0 spiro atoms. The zero-order valence-electron chi connectivity index (χ0n) is 3.52. The third-order valence-corrected chi connectivity index (χ3v) is 0.310. The van der Waals surface area contributed by atoms with Crippen LogP contribution in [0, 0.1) is 0 Å². The lowest BCUT2D eigenvalue weighted by atomic mass is 10.9. The van der Waals surface area contributed by atoms with Gasteiger partial charge in [0.05, 0.1) is 0 Å². The molecule has 0 atom stereocenters. The molecule has 0 amide bonds. The highest BCUT2D eigenvalue weighted by molar-refractivity contribution is 4.78. The Kier molecular flexibility index (Phi) is 3.45. The Labute approximate surface area is 37.3 Å². The summed E-state index contributed by atoms with van der Waals surface area (Å²) in [7, 11) is 0. The summed E-state index contributed by atoms with van der Waals surface area (Å²) in [5, 5.41) is 2.66. The summed E-state index contributed by atoms with van der Waals surface area (Å²) in [5.41, 5.74) is 4.92.